The Bertz CT molecular complexity index is 533. The van der Waals surface area contributed by atoms with Gasteiger partial charge in [0.25, 0.3) is 0 Å². The van der Waals surface area contributed by atoms with E-state index in [1.54, 1.807) is 19.9 Å². The molecule has 1 aliphatic heterocycles. The van der Waals surface area contributed by atoms with Gasteiger partial charge in [0.1, 0.15) is 5.82 Å². The highest BCUT2D eigenvalue weighted by Crippen LogP contribution is 2.35. The largest absolute Gasteiger partial charge is 0.481 e. The van der Waals surface area contributed by atoms with Crippen LogP contribution in [0.4, 0.5) is 4.39 Å². The minimum atomic E-state index is -0.766. The second-order valence-corrected chi connectivity index (χ2v) is 6.74. The van der Waals surface area contributed by atoms with Gasteiger partial charge < -0.3 is 5.11 Å². The van der Waals surface area contributed by atoms with Gasteiger partial charge in [0.05, 0.1) is 5.41 Å². The first-order valence-electron chi connectivity index (χ1n) is 7.20. The van der Waals surface area contributed by atoms with E-state index >= 15 is 0 Å². The van der Waals surface area contributed by atoms with Gasteiger partial charge in [-0.05, 0) is 62.9 Å². The zero-order valence-corrected chi connectivity index (χ0v) is 13.2. The molecule has 21 heavy (non-hydrogen) atoms. The van der Waals surface area contributed by atoms with E-state index in [2.05, 4.69) is 4.90 Å². The standard InChI is InChI=1S/C16H21ClFNO2/c1-16(2,15(20)21)12-4-3-7-19(10-12)9-11-8-13(18)5-6-14(11)17/h5-6,8,12H,3-4,7,9-10H2,1-2H3,(H,20,21). The third kappa shape index (κ3) is 3.74. The van der Waals surface area contributed by atoms with Crippen molar-refractivity contribution in [1.29, 1.82) is 0 Å². The van der Waals surface area contributed by atoms with Crippen LogP contribution < -0.4 is 0 Å². The zero-order chi connectivity index (χ0) is 15.6. The molecule has 1 unspecified atom stereocenters. The Labute approximate surface area is 129 Å². The van der Waals surface area contributed by atoms with E-state index in [0.717, 1.165) is 24.9 Å². The van der Waals surface area contributed by atoms with Crippen molar-refractivity contribution >= 4 is 17.6 Å². The SMILES string of the molecule is CC(C)(C(=O)O)C1CCCN(Cc2cc(F)ccc2Cl)C1. The number of carbonyl (C=O) groups is 1. The Morgan fingerprint density at radius 2 is 2.24 bits per heavy atom. The van der Waals surface area contributed by atoms with Gasteiger partial charge in [-0.3, -0.25) is 9.69 Å². The molecule has 0 radical (unpaired) electrons. The van der Waals surface area contributed by atoms with Crippen molar-refractivity contribution in [2.75, 3.05) is 13.1 Å². The van der Waals surface area contributed by atoms with Gasteiger partial charge in [0.15, 0.2) is 0 Å². The highest BCUT2D eigenvalue weighted by molar-refractivity contribution is 6.31. The van der Waals surface area contributed by atoms with E-state index < -0.39 is 11.4 Å². The summed E-state index contributed by atoms with van der Waals surface area (Å²) in [5.74, 6) is -0.969. The van der Waals surface area contributed by atoms with E-state index in [0.29, 0.717) is 18.1 Å². The summed E-state index contributed by atoms with van der Waals surface area (Å²) in [6.45, 7) is 5.70. The Morgan fingerprint density at radius 1 is 1.52 bits per heavy atom. The van der Waals surface area contributed by atoms with Crippen molar-refractivity contribution in [3.8, 4) is 0 Å². The number of carboxylic acids is 1. The molecule has 1 aliphatic rings. The maximum atomic E-state index is 13.3. The van der Waals surface area contributed by atoms with Crippen LogP contribution in [0.3, 0.4) is 0 Å². The number of aliphatic carboxylic acids is 1. The molecule has 1 aromatic rings. The second-order valence-electron chi connectivity index (χ2n) is 6.34. The van der Waals surface area contributed by atoms with Gasteiger partial charge in [-0.25, -0.2) is 4.39 Å². The lowest BCUT2D eigenvalue weighted by Gasteiger charge is -2.39. The highest BCUT2D eigenvalue weighted by atomic mass is 35.5. The normalized spacial score (nSPS) is 20.5. The number of hydrogen-bond donors (Lipinski definition) is 1. The van der Waals surface area contributed by atoms with Crippen molar-refractivity contribution in [3.05, 3.63) is 34.6 Å². The van der Waals surface area contributed by atoms with Crippen molar-refractivity contribution in [1.82, 2.24) is 4.90 Å². The molecule has 1 heterocycles. The molecule has 116 valence electrons. The molecule has 0 aliphatic carbocycles. The molecular formula is C16H21ClFNO2. The molecule has 1 N–H and O–H groups in total. The van der Waals surface area contributed by atoms with Crippen molar-refractivity contribution < 1.29 is 14.3 Å². The Kier molecular flexibility index (Phi) is 4.89. The summed E-state index contributed by atoms with van der Waals surface area (Å²) in [5.41, 5.74) is 0.00941. The lowest BCUT2D eigenvalue weighted by molar-refractivity contribution is -0.151. The average Bonchev–Trinajstić information content (AvgIpc) is 2.43. The minimum Gasteiger partial charge on any atom is -0.481 e. The summed E-state index contributed by atoms with van der Waals surface area (Å²) in [5, 5.41) is 9.91. The molecule has 1 saturated heterocycles. The third-order valence-corrected chi connectivity index (χ3v) is 4.85. The van der Waals surface area contributed by atoms with Crippen LogP contribution in [0.2, 0.25) is 5.02 Å². The number of hydrogen-bond acceptors (Lipinski definition) is 2. The number of benzene rings is 1. The Hall–Kier alpha value is -1.13. The molecule has 0 saturated carbocycles. The van der Waals surface area contributed by atoms with Gasteiger partial charge in [-0.15, -0.1) is 0 Å². The Morgan fingerprint density at radius 3 is 2.90 bits per heavy atom. The monoisotopic (exact) mass is 313 g/mol. The number of likely N-dealkylation sites (tertiary alicyclic amines) is 1. The number of piperidine rings is 1. The van der Waals surface area contributed by atoms with Gasteiger partial charge >= 0.3 is 5.97 Å². The molecule has 2 rings (SSSR count). The van der Waals surface area contributed by atoms with E-state index in [-0.39, 0.29) is 11.7 Å². The maximum absolute atomic E-state index is 13.3. The van der Waals surface area contributed by atoms with Crippen LogP contribution in [0.1, 0.15) is 32.3 Å². The number of nitrogens with zero attached hydrogens (tertiary/aromatic N) is 1. The summed E-state index contributed by atoms with van der Waals surface area (Å²) in [6.07, 6.45) is 1.86. The molecule has 0 amide bonds. The second kappa shape index (κ2) is 6.32. The van der Waals surface area contributed by atoms with E-state index in [1.165, 1.54) is 12.1 Å². The first-order chi connectivity index (χ1) is 9.80. The van der Waals surface area contributed by atoms with E-state index in [1.807, 2.05) is 0 Å². The quantitative estimate of drug-likeness (QED) is 0.919. The predicted molar refractivity (Wildman–Crippen MR) is 80.8 cm³/mol. The van der Waals surface area contributed by atoms with Crippen LogP contribution in [0.25, 0.3) is 0 Å². The van der Waals surface area contributed by atoms with E-state index in [9.17, 15) is 14.3 Å². The van der Waals surface area contributed by atoms with Crippen LogP contribution in [0.5, 0.6) is 0 Å². The number of rotatable bonds is 4. The van der Waals surface area contributed by atoms with Gasteiger partial charge in [-0.2, -0.15) is 0 Å². The molecular weight excluding hydrogens is 293 g/mol. The molecule has 1 atom stereocenters. The smallest absolute Gasteiger partial charge is 0.309 e. The van der Waals surface area contributed by atoms with Crippen LogP contribution in [0, 0.1) is 17.2 Å². The summed E-state index contributed by atoms with van der Waals surface area (Å²) in [6, 6.07) is 4.36. The molecule has 5 heteroatoms. The summed E-state index contributed by atoms with van der Waals surface area (Å²) >= 11 is 6.10. The molecule has 0 bridgehead atoms. The first kappa shape index (κ1) is 16.2. The van der Waals surface area contributed by atoms with Crippen molar-refractivity contribution in [2.45, 2.75) is 33.2 Å². The maximum Gasteiger partial charge on any atom is 0.309 e. The summed E-state index contributed by atoms with van der Waals surface area (Å²) < 4.78 is 13.3. The highest BCUT2D eigenvalue weighted by Gasteiger charge is 2.39. The lowest BCUT2D eigenvalue weighted by Crippen LogP contribution is -2.44. The minimum absolute atomic E-state index is 0.0936. The van der Waals surface area contributed by atoms with E-state index in [4.69, 9.17) is 11.6 Å². The molecule has 1 aromatic carbocycles. The van der Waals surface area contributed by atoms with Crippen molar-refractivity contribution in [2.24, 2.45) is 11.3 Å². The first-order valence-corrected chi connectivity index (χ1v) is 7.58. The summed E-state index contributed by atoms with van der Waals surface area (Å²) in [7, 11) is 0. The van der Waals surface area contributed by atoms with Gasteiger partial charge in [0.2, 0.25) is 0 Å². The molecule has 3 nitrogen and oxygen atoms in total. The summed E-state index contributed by atoms with van der Waals surface area (Å²) in [4.78, 5) is 13.6. The van der Waals surface area contributed by atoms with Gasteiger partial charge in [-0.1, -0.05) is 11.6 Å². The predicted octanol–water partition coefficient (Wildman–Crippen LogP) is 3.80. The third-order valence-electron chi connectivity index (χ3n) is 4.48. The fourth-order valence-electron chi connectivity index (χ4n) is 2.87. The number of halogens is 2. The van der Waals surface area contributed by atoms with Crippen molar-refractivity contribution in [3.63, 3.8) is 0 Å². The molecule has 0 aromatic heterocycles. The lowest BCUT2D eigenvalue weighted by atomic mass is 9.74. The zero-order valence-electron chi connectivity index (χ0n) is 12.4. The van der Waals surface area contributed by atoms with Crippen LogP contribution in [-0.2, 0) is 11.3 Å². The van der Waals surface area contributed by atoms with Crippen LogP contribution >= 0.6 is 11.6 Å². The van der Waals surface area contributed by atoms with Gasteiger partial charge in [0, 0.05) is 18.1 Å². The fourth-order valence-corrected chi connectivity index (χ4v) is 3.05. The Balaban J connectivity index is 2.08. The molecule has 0 spiro atoms. The van der Waals surface area contributed by atoms with Crippen LogP contribution in [-0.4, -0.2) is 29.1 Å². The number of carboxylic acid groups (broad SMARTS) is 1. The fraction of sp³-hybridized carbons (Fsp3) is 0.562. The van der Waals surface area contributed by atoms with Crippen LogP contribution in [0.15, 0.2) is 18.2 Å². The molecule has 1 fully saturated rings. The average molecular weight is 314 g/mol. The topological polar surface area (TPSA) is 40.5 Å².